The normalized spacial score (nSPS) is 10.3. The van der Waals surface area contributed by atoms with Crippen LogP contribution in [0.4, 0.5) is 0 Å². The molecule has 0 saturated heterocycles. The number of hydrogen-bond donors (Lipinski definition) is 1. The first-order valence-corrected chi connectivity index (χ1v) is 7.26. The molecular formula is C15H22ClNO4. The van der Waals surface area contributed by atoms with Gasteiger partial charge in [0.1, 0.15) is 0 Å². The average Bonchev–Trinajstić information content (AvgIpc) is 2.48. The minimum Gasteiger partial charge on any atom is -0.493 e. The quantitative estimate of drug-likeness (QED) is 0.561. The summed E-state index contributed by atoms with van der Waals surface area (Å²) in [6.45, 7) is 3.85. The first-order chi connectivity index (χ1) is 10.1. The van der Waals surface area contributed by atoms with Crippen LogP contribution in [0.1, 0.15) is 25.3 Å². The van der Waals surface area contributed by atoms with Crippen molar-refractivity contribution in [2.75, 3.05) is 27.4 Å². The van der Waals surface area contributed by atoms with E-state index in [4.69, 9.17) is 21.1 Å². The largest absolute Gasteiger partial charge is 0.493 e. The maximum absolute atomic E-state index is 11.1. The lowest BCUT2D eigenvalue weighted by atomic mass is 10.1. The molecule has 0 aliphatic carbocycles. The fraction of sp³-hybridized carbons (Fsp3) is 0.533. The van der Waals surface area contributed by atoms with Crippen molar-refractivity contribution in [2.24, 2.45) is 0 Å². The van der Waals surface area contributed by atoms with Crippen molar-refractivity contribution in [3.8, 4) is 11.5 Å². The first-order valence-electron chi connectivity index (χ1n) is 6.89. The van der Waals surface area contributed by atoms with E-state index >= 15 is 0 Å². The molecule has 0 aliphatic heterocycles. The van der Waals surface area contributed by atoms with Crippen LogP contribution >= 0.6 is 11.6 Å². The number of hydrogen-bond acceptors (Lipinski definition) is 5. The van der Waals surface area contributed by atoms with Gasteiger partial charge in [0.25, 0.3) is 0 Å². The molecule has 0 bridgehead atoms. The van der Waals surface area contributed by atoms with Crippen molar-refractivity contribution < 1.29 is 19.0 Å². The minimum absolute atomic E-state index is 0.185. The van der Waals surface area contributed by atoms with Crippen molar-refractivity contribution in [3.63, 3.8) is 0 Å². The van der Waals surface area contributed by atoms with E-state index in [2.05, 4.69) is 17.0 Å². The van der Waals surface area contributed by atoms with Crippen LogP contribution in [0.2, 0.25) is 5.02 Å². The van der Waals surface area contributed by atoms with Crippen LogP contribution in [-0.2, 0) is 16.1 Å². The zero-order valence-electron chi connectivity index (χ0n) is 12.7. The molecular weight excluding hydrogens is 294 g/mol. The Labute approximate surface area is 130 Å². The average molecular weight is 316 g/mol. The molecule has 6 heteroatoms. The molecule has 1 aromatic rings. The van der Waals surface area contributed by atoms with Gasteiger partial charge in [-0.2, -0.15) is 0 Å². The number of rotatable bonds is 9. The molecule has 0 atom stereocenters. The number of carbonyl (C=O) groups is 1. The Kier molecular flexibility index (Phi) is 7.93. The second-order valence-corrected chi connectivity index (χ2v) is 4.88. The molecule has 0 spiro atoms. The second kappa shape index (κ2) is 9.47. The highest BCUT2D eigenvalue weighted by Gasteiger charge is 2.13. The summed E-state index contributed by atoms with van der Waals surface area (Å²) in [7, 11) is 2.91. The van der Waals surface area contributed by atoms with E-state index < -0.39 is 0 Å². The van der Waals surface area contributed by atoms with Gasteiger partial charge < -0.3 is 19.5 Å². The number of carbonyl (C=O) groups excluding carboxylic acids is 1. The van der Waals surface area contributed by atoms with Crippen molar-refractivity contribution in [2.45, 2.75) is 26.3 Å². The molecule has 21 heavy (non-hydrogen) atoms. The van der Waals surface area contributed by atoms with Crippen molar-refractivity contribution >= 4 is 17.6 Å². The van der Waals surface area contributed by atoms with Gasteiger partial charge in [-0.1, -0.05) is 18.5 Å². The molecule has 0 aliphatic rings. The fourth-order valence-corrected chi connectivity index (χ4v) is 2.04. The number of esters is 1. The SMILES string of the molecule is CCCNCc1cc(Cl)cc(OC)c1OCCC(=O)OC. The molecule has 0 aromatic heterocycles. The van der Waals surface area contributed by atoms with Crippen LogP contribution in [-0.4, -0.2) is 33.3 Å². The Balaban J connectivity index is 2.83. The molecule has 1 N–H and O–H groups in total. The molecule has 5 nitrogen and oxygen atoms in total. The van der Waals surface area contributed by atoms with Crippen molar-refractivity contribution in [1.82, 2.24) is 5.32 Å². The van der Waals surface area contributed by atoms with E-state index in [0.717, 1.165) is 18.5 Å². The van der Waals surface area contributed by atoms with E-state index in [1.54, 1.807) is 13.2 Å². The Bertz CT molecular complexity index is 465. The number of halogens is 1. The van der Waals surface area contributed by atoms with Crippen LogP contribution in [0.5, 0.6) is 11.5 Å². The molecule has 0 saturated carbocycles. The Hall–Kier alpha value is -1.46. The van der Waals surface area contributed by atoms with Gasteiger partial charge >= 0.3 is 5.97 Å². The summed E-state index contributed by atoms with van der Waals surface area (Å²) in [4.78, 5) is 11.1. The highest BCUT2D eigenvalue weighted by Crippen LogP contribution is 2.34. The molecule has 0 unspecified atom stereocenters. The topological polar surface area (TPSA) is 56.8 Å². The summed E-state index contributed by atoms with van der Waals surface area (Å²) in [5, 5.41) is 3.88. The molecule has 0 amide bonds. The van der Waals surface area contributed by atoms with Crippen LogP contribution in [0, 0.1) is 0 Å². The number of nitrogens with one attached hydrogen (secondary N) is 1. The molecule has 0 fully saturated rings. The molecule has 118 valence electrons. The summed E-state index contributed by atoms with van der Waals surface area (Å²) >= 11 is 6.08. The maximum Gasteiger partial charge on any atom is 0.308 e. The summed E-state index contributed by atoms with van der Waals surface area (Å²) in [5.41, 5.74) is 0.901. The molecule has 0 radical (unpaired) electrons. The standard InChI is InChI=1S/C15H22ClNO4/c1-4-6-17-10-11-8-12(16)9-13(19-2)15(11)21-7-5-14(18)20-3/h8-9,17H,4-7,10H2,1-3H3. The van der Waals surface area contributed by atoms with Crippen LogP contribution in [0.25, 0.3) is 0 Å². The predicted octanol–water partition coefficient (Wildman–Crippen LogP) is 2.79. The molecule has 1 aromatic carbocycles. The molecule has 1 rings (SSSR count). The molecule has 0 heterocycles. The summed E-state index contributed by atoms with van der Waals surface area (Å²) < 4.78 is 15.6. The zero-order chi connectivity index (χ0) is 15.7. The van der Waals surface area contributed by atoms with Crippen LogP contribution < -0.4 is 14.8 Å². The number of methoxy groups -OCH3 is 2. The Morgan fingerprint density at radius 1 is 1.33 bits per heavy atom. The lowest BCUT2D eigenvalue weighted by Gasteiger charge is -2.16. The first kappa shape index (κ1) is 17.6. The van der Waals surface area contributed by atoms with Gasteiger partial charge in [-0.15, -0.1) is 0 Å². The fourth-order valence-electron chi connectivity index (χ4n) is 1.81. The minimum atomic E-state index is -0.311. The van der Waals surface area contributed by atoms with Gasteiger partial charge in [-0.05, 0) is 19.0 Å². The van der Waals surface area contributed by atoms with Crippen LogP contribution in [0.15, 0.2) is 12.1 Å². The van der Waals surface area contributed by atoms with Gasteiger partial charge in [-0.25, -0.2) is 0 Å². The van der Waals surface area contributed by atoms with E-state index in [0.29, 0.717) is 23.1 Å². The van der Waals surface area contributed by atoms with E-state index in [9.17, 15) is 4.79 Å². The van der Waals surface area contributed by atoms with E-state index in [-0.39, 0.29) is 19.0 Å². The maximum atomic E-state index is 11.1. The Morgan fingerprint density at radius 2 is 2.10 bits per heavy atom. The third kappa shape index (κ3) is 5.81. The Morgan fingerprint density at radius 3 is 2.71 bits per heavy atom. The van der Waals surface area contributed by atoms with E-state index in [1.165, 1.54) is 7.11 Å². The second-order valence-electron chi connectivity index (χ2n) is 4.45. The van der Waals surface area contributed by atoms with Crippen molar-refractivity contribution in [1.29, 1.82) is 0 Å². The summed E-state index contributed by atoms with van der Waals surface area (Å²) in [6, 6.07) is 3.53. The summed E-state index contributed by atoms with van der Waals surface area (Å²) in [5.74, 6) is 0.851. The van der Waals surface area contributed by atoms with E-state index in [1.807, 2.05) is 6.07 Å². The zero-order valence-corrected chi connectivity index (χ0v) is 13.5. The number of benzene rings is 1. The summed E-state index contributed by atoms with van der Waals surface area (Å²) in [6.07, 6.45) is 1.22. The van der Waals surface area contributed by atoms with Gasteiger partial charge in [0.05, 0.1) is 27.2 Å². The van der Waals surface area contributed by atoms with Gasteiger partial charge in [0.2, 0.25) is 0 Å². The lowest BCUT2D eigenvalue weighted by Crippen LogP contribution is -2.16. The monoisotopic (exact) mass is 315 g/mol. The van der Waals surface area contributed by atoms with Crippen molar-refractivity contribution in [3.05, 3.63) is 22.7 Å². The smallest absolute Gasteiger partial charge is 0.308 e. The third-order valence-corrected chi connectivity index (χ3v) is 3.06. The van der Waals surface area contributed by atoms with Gasteiger partial charge in [-0.3, -0.25) is 4.79 Å². The highest BCUT2D eigenvalue weighted by molar-refractivity contribution is 6.30. The third-order valence-electron chi connectivity index (χ3n) is 2.84. The number of ether oxygens (including phenoxy) is 3. The lowest BCUT2D eigenvalue weighted by molar-refractivity contribution is -0.141. The van der Waals surface area contributed by atoms with Crippen LogP contribution in [0.3, 0.4) is 0 Å². The van der Waals surface area contributed by atoms with Gasteiger partial charge in [0.15, 0.2) is 11.5 Å². The highest BCUT2D eigenvalue weighted by atomic mass is 35.5. The van der Waals surface area contributed by atoms with Gasteiger partial charge in [0, 0.05) is 23.2 Å². The predicted molar refractivity (Wildman–Crippen MR) is 82.1 cm³/mol.